The monoisotopic (exact) mass is 384 g/mol. The zero-order chi connectivity index (χ0) is 20.5. The lowest BCUT2D eigenvalue weighted by atomic mass is 9.93. The molecule has 2 nitrogen and oxygen atoms in total. The summed E-state index contributed by atoms with van der Waals surface area (Å²) in [4.78, 5) is 9.67. The molecular formula is C28H20N2. The van der Waals surface area contributed by atoms with Gasteiger partial charge in [-0.3, -0.25) is 9.97 Å². The number of rotatable bonds is 1. The fourth-order valence-electron chi connectivity index (χ4n) is 3.83. The van der Waals surface area contributed by atoms with Crippen molar-refractivity contribution in [2.45, 2.75) is 13.8 Å². The Morgan fingerprint density at radius 2 is 1.17 bits per heavy atom. The Morgan fingerprint density at radius 3 is 1.73 bits per heavy atom. The first-order valence-electron chi connectivity index (χ1n) is 10.0. The number of nitrogens with zero attached hydrogens (tertiary/aromatic N) is 2. The van der Waals surface area contributed by atoms with E-state index in [1.54, 1.807) is 0 Å². The molecule has 0 bridgehead atoms. The van der Waals surface area contributed by atoms with E-state index in [9.17, 15) is 0 Å². The molecule has 2 aromatic heterocycles. The molecule has 0 aliphatic heterocycles. The van der Waals surface area contributed by atoms with E-state index in [4.69, 9.17) is 9.97 Å². The second kappa shape index (κ2) is 7.46. The fraction of sp³-hybridized carbons (Fsp3) is 0.0714. The zero-order valence-electron chi connectivity index (χ0n) is 17.0. The molecular weight excluding hydrogens is 364 g/mol. The third-order valence-electron chi connectivity index (χ3n) is 5.25. The maximum absolute atomic E-state index is 4.84. The van der Waals surface area contributed by atoms with Gasteiger partial charge in [-0.2, -0.15) is 0 Å². The van der Waals surface area contributed by atoms with Crippen LogP contribution in [0.25, 0.3) is 22.5 Å². The van der Waals surface area contributed by atoms with Crippen molar-refractivity contribution in [1.82, 2.24) is 9.97 Å². The minimum atomic E-state index is 0.943. The average molecular weight is 384 g/mol. The molecule has 0 saturated carbocycles. The molecule has 2 heteroatoms. The Kier molecular flexibility index (Phi) is 4.50. The van der Waals surface area contributed by atoms with Crippen LogP contribution >= 0.6 is 0 Å². The van der Waals surface area contributed by atoms with E-state index in [2.05, 4.69) is 60.4 Å². The third kappa shape index (κ3) is 3.21. The van der Waals surface area contributed by atoms with Gasteiger partial charge in [0.05, 0.1) is 11.4 Å². The van der Waals surface area contributed by atoms with Gasteiger partial charge in [0.2, 0.25) is 0 Å². The van der Waals surface area contributed by atoms with E-state index in [1.807, 2.05) is 50.2 Å². The van der Waals surface area contributed by atoms with Crippen molar-refractivity contribution in [3.05, 3.63) is 119 Å². The highest BCUT2D eigenvalue weighted by atomic mass is 14.8. The smallest absolute Gasteiger partial charge is 0.0974 e. The molecule has 30 heavy (non-hydrogen) atoms. The van der Waals surface area contributed by atoms with E-state index >= 15 is 0 Å². The van der Waals surface area contributed by atoms with E-state index in [0.717, 1.165) is 56.2 Å². The minimum absolute atomic E-state index is 0.943. The maximum atomic E-state index is 4.84. The van der Waals surface area contributed by atoms with Gasteiger partial charge >= 0.3 is 0 Å². The van der Waals surface area contributed by atoms with E-state index in [0.29, 0.717) is 0 Å². The van der Waals surface area contributed by atoms with Crippen LogP contribution in [0, 0.1) is 25.7 Å². The van der Waals surface area contributed by atoms with E-state index in [-0.39, 0.29) is 0 Å². The number of allylic oxidation sites excluding steroid dienone is 1. The summed E-state index contributed by atoms with van der Waals surface area (Å²) in [5.41, 5.74) is 10.2. The zero-order valence-corrected chi connectivity index (χ0v) is 17.0. The predicted molar refractivity (Wildman–Crippen MR) is 123 cm³/mol. The van der Waals surface area contributed by atoms with Crippen LogP contribution in [0.1, 0.15) is 33.6 Å². The molecule has 0 saturated heterocycles. The fourth-order valence-corrected chi connectivity index (χ4v) is 3.83. The largest absolute Gasteiger partial charge is 0.251 e. The van der Waals surface area contributed by atoms with Crippen molar-refractivity contribution >= 4 is 11.1 Å². The second-order valence-electron chi connectivity index (χ2n) is 7.43. The average Bonchev–Trinajstić information content (AvgIpc) is 3.08. The van der Waals surface area contributed by atoms with Gasteiger partial charge in [-0.15, -0.1) is 0 Å². The number of pyridine rings is 2. The van der Waals surface area contributed by atoms with E-state index in [1.165, 1.54) is 0 Å². The molecule has 0 fully saturated rings. The first kappa shape index (κ1) is 18.1. The summed E-state index contributed by atoms with van der Waals surface area (Å²) < 4.78 is 0. The first-order valence-corrected chi connectivity index (χ1v) is 10.0. The number of hydrogen-bond acceptors (Lipinski definition) is 2. The molecule has 0 amide bonds. The van der Waals surface area contributed by atoms with Crippen LogP contribution in [0.5, 0.6) is 0 Å². The molecule has 4 aromatic rings. The highest BCUT2D eigenvalue weighted by molar-refractivity contribution is 6.12. The normalized spacial score (nSPS) is 11.3. The van der Waals surface area contributed by atoms with Gasteiger partial charge in [0.25, 0.3) is 0 Å². The van der Waals surface area contributed by atoms with Gasteiger partial charge < -0.3 is 0 Å². The molecule has 2 aromatic carbocycles. The number of fused-ring (bicyclic) bond motifs is 3. The maximum Gasteiger partial charge on any atom is 0.0974 e. The third-order valence-corrected chi connectivity index (χ3v) is 5.25. The second-order valence-corrected chi connectivity index (χ2v) is 7.43. The van der Waals surface area contributed by atoms with Crippen molar-refractivity contribution in [2.24, 2.45) is 0 Å². The lowest BCUT2D eigenvalue weighted by Gasteiger charge is -2.09. The van der Waals surface area contributed by atoms with Gasteiger partial charge in [-0.1, -0.05) is 72.5 Å². The molecule has 2 heterocycles. The predicted octanol–water partition coefficient (Wildman–Crippen LogP) is 6.08. The number of aryl methyl sites for hydroxylation is 2. The number of benzene rings is 2. The first-order chi connectivity index (χ1) is 14.7. The highest BCUT2D eigenvalue weighted by Gasteiger charge is 2.29. The van der Waals surface area contributed by atoms with Gasteiger partial charge in [0.15, 0.2) is 0 Å². The molecule has 0 unspecified atom stereocenters. The minimum Gasteiger partial charge on any atom is -0.251 e. The molecule has 5 rings (SSSR count). The molecule has 0 radical (unpaired) electrons. The Balaban J connectivity index is 1.84. The van der Waals surface area contributed by atoms with E-state index < -0.39 is 0 Å². The van der Waals surface area contributed by atoms with Crippen molar-refractivity contribution in [3.8, 4) is 23.2 Å². The molecule has 1 aliphatic carbocycles. The van der Waals surface area contributed by atoms with Crippen LogP contribution in [0.15, 0.2) is 84.9 Å². The summed E-state index contributed by atoms with van der Waals surface area (Å²) in [6.07, 6.45) is 0. The molecule has 0 spiro atoms. The van der Waals surface area contributed by atoms with Crippen LogP contribution in [0.3, 0.4) is 0 Å². The summed E-state index contributed by atoms with van der Waals surface area (Å²) in [5.74, 6) is 6.84. The summed E-state index contributed by atoms with van der Waals surface area (Å²) >= 11 is 0. The van der Waals surface area contributed by atoms with Crippen LogP contribution in [0.4, 0.5) is 0 Å². The standard InChI is InChI=1S/C28H20N2/c1-19-13-16-24-26(25-17-14-20(2)30-28(25)27(24)29-19)23(22-11-7-4-8-12-22)18-15-21-9-5-3-6-10-21/h3-14,16-17H,1-2H3. The van der Waals surface area contributed by atoms with Crippen molar-refractivity contribution in [3.63, 3.8) is 0 Å². The van der Waals surface area contributed by atoms with Gasteiger partial charge in [0.1, 0.15) is 0 Å². The topological polar surface area (TPSA) is 25.8 Å². The highest BCUT2D eigenvalue weighted by Crippen LogP contribution is 2.45. The van der Waals surface area contributed by atoms with Crippen LogP contribution in [0.2, 0.25) is 0 Å². The molecule has 142 valence electrons. The molecule has 0 atom stereocenters. The lowest BCUT2D eigenvalue weighted by molar-refractivity contribution is 1.15. The van der Waals surface area contributed by atoms with Crippen LogP contribution < -0.4 is 0 Å². The number of aromatic nitrogens is 2. The van der Waals surface area contributed by atoms with Crippen molar-refractivity contribution in [1.29, 1.82) is 0 Å². The number of hydrogen-bond donors (Lipinski definition) is 0. The van der Waals surface area contributed by atoms with Crippen molar-refractivity contribution < 1.29 is 0 Å². The Morgan fingerprint density at radius 1 is 0.633 bits per heavy atom. The Bertz CT molecular complexity index is 1280. The summed E-state index contributed by atoms with van der Waals surface area (Å²) in [5, 5.41) is 0. The van der Waals surface area contributed by atoms with Crippen molar-refractivity contribution in [2.75, 3.05) is 0 Å². The Hall–Kier alpha value is -3.96. The molecule has 1 aliphatic rings. The summed E-state index contributed by atoms with van der Waals surface area (Å²) in [7, 11) is 0. The summed E-state index contributed by atoms with van der Waals surface area (Å²) in [6.45, 7) is 4.04. The SMILES string of the molecule is Cc1ccc2c(n1)-c1nc(C)ccc1C2=C(C#Cc1ccccc1)c1ccccc1. The summed E-state index contributed by atoms with van der Waals surface area (Å²) in [6, 6.07) is 28.9. The Labute approximate surface area is 177 Å². The molecule has 0 N–H and O–H groups in total. The van der Waals surface area contributed by atoms with Crippen LogP contribution in [-0.4, -0.2) is 9.97 Å². The van der Waals surface area contributed by atoms with Gasteiger partial charge in [-0.25, -0.2) is 0 Å². The quantitative estimate of drug-likeness (QED) is 0.327. The van der Waals surface area contributed by atoms with Crippen LogP contribution in [-0.2, 0) is 0 Å². The van der Waals surface area contributed by atoms with Gasteiger partial charge in [0, 0.05) is 39.2 Å². The van der Waals surface area contributed by atoms with Gasteiger partial charge in [-0.05, 0) is 43.7 Å². The lowest BCUT2D eigenvalue weighted by Crippen LogP contribution is -1.92.